The standard InChI is InChI=1S/C31H42N2O4/c1-20-27(16-33-19-31(5)15-26(33)14-30(3,4)18-31)36-29(24-7-6-8-25(13-24)32-21(2)35)37-28(20)23-11-9-22(17-34)10-12-23/h6-13,20,26-29,34H,14-19H2,1-5H3,(H,32,35)/t20-,26?,27+,28+,29+,31?/m0/s1. The molecule has 0 aromatic heterocycles. The van der Waals surface area contributed by atoms with Gasteiger partial charge in [0.25, 0.3) is 0 Å². The summed E-state index contributed by atoms with van der Waals surface area (Å²) in [4.78, 5) is 14.3. The van der Waals surface area contributed by atoms with E-state index in [0.29, 0.717) is 16.9 Å². The quantitative estimate of drug-likeness (QED) is 0.516. The lowest BCUT2D eigenvalue weighted by atomic mass is 9.65. The molecule has 6 heteroatoms. The van der Waals surface area contributed by atoms with Crippen LogP contribution in [0.25, 0.3) is 0 Å². The van der Waals surface area contributed by atoms with Crippen LogP contribution in [-0.4, -0.2) is 41.1 Å². The van der Waals surface area contributed by atoms with Crippen molar-refractivity contribution in [3.63, 3.8) is 0 Å². The van der Waals surface area contributed by atoms with E-state index in [1.807, 2.05) is 36.4 Å². The molecule has 2 aliphatic heterocycles. The molecule has 0 spiro atoms. The molecule has 1 amide bonds. The smallest absolute Gasteiger partial charge is 0.221 e. The van der Waals surface area contributed by atoms with Crippen molar-refractivity contribution in [1.29, 1.82) is 0 Å². The van der Waals surface area contributed by atoms with Crippen molar-refractivity contribution < 1.29 is 19.4 Å². The first kappa shape index (κ1) is 26.4. The van der Waals surface area contributed by atoms with Crippen molar-refractivity contribution in [2.75, 3.05) is 18.4 Å². The molecule has 6 nitrogen and oxygen atoms in total. The second-order valence-electron chi connectivity index (χ2n) is 12.8. The predicted molar refractivity (Wildman–Crippen MR) is 145 cm³/mol. The summed E-state index contributed by atoms with van der Waals surface area (Å²) in [7, 11) is 0. The van der Waals surface area contributed by atoms with E-state index in [2.05, 4.69) is 50.0 Å². The second kappa shape index (κ2) is 10.1. The number of nitrogens with zero attached hydrogens (tertiary/aromatic N) is 1. The number of anilines is 1. The number of hydrogen-bond acceptors (Lipinski definition) is 5. The fourth-order valence-corrected chi connectivity index (χ4v) is 7.32. The third-order valence-corrected chi connectivity index (χ3v) is 8.54. The van der Waals surface area contributed by atoms with Crippen LogP contribution < -0.4 is 5.32 Å². The first-order valence-corrected chi connectivity index (χ1v) is 13.7. The summed E-state index contributed by atoms with van der Waals surface area (Å²) in [5.41, 5.74) is 4.35. The molecule has 2 aromatic carbocycles. The number of aliphatic hydroxyl groups excluding tert-OH is 1. The molecule has 3 fully saturated rings. The highest BCUT2D eigenvalue weighted by atomic mass is 16.7. The van der Waals surface area contributed by atoms with Crippen molar-refractivity contribution in [3.8, 4) is 0 Å². The summed E-state index contributed by atoms with van der Waals surface area (Å²) >= 11 is 0. The zero-order valence-electron chi connectivity index (χ0n) is 22.9. The molecular weight excluding hydrogens is 464 g/mol. The Balaban J connectivity index is 1.42. The third-order valence-electron chi connectivity index (χ3n) is 8.54. The minimum atomic E-state index is -0.536. The molecule has 3 aliphatic rings. The molecule has 0 radical (unpaired) electrons. The van der Waals surface area contributed by atoms with E-state index >= 15 is 0 Å². The maximum atomic E-state index is 11.6. The van der Waals surface area contributed by atoms with Gasteiger partial charge in [-0.25, -0.2) is 0 Å². The van der Waals surface area contributed by atoms with Gasteiger partial charge >= 0.3 is 0 Å². The van der Waals surface area contributed by atoms with E-state index in [-0.39, 0.29) is 30.6 Å². The molecular formula is C31H42N2O4. The molecule has 1 aliphatic carbocycles. The fourth-order valence-electron chi connectivity index (χ4n) is 7.32. The zero-order chi connectivity index (χ0) is 26.4. The number of ether oxygens (including phenoxy) is 2. The SMILES string of the molecule is CC(=O)Nc1cccc([C@@H]2O[C@H](CN3CC4(C)CC3CC(C)(C)C4)[C@H](C)[C@H](c3ccc(CO)cc3)O2)c1. The molecule has 37 heavy (non-hydrogen) atoms. The highest BCUT2D eigenvalue weighted by Gasteiger charge is 2.51. The highest BCUT2D eigenvalue weighted by Crippen LogP contribution is 2.53. The largest absolute Gasteiger partial charge is 0.392 e. The van der Waals surface area contributed by atoms with E-state index in [4.69, 9.17) is 9.47 Å². The molecule has 1 saturated carbocycles. The Morgan fingerprint density at radius 3 is 2.54 bits per heavy atom. The second-order valence-corrected chi connectivity index (χ2v) is 12.8. The van der Waals surface area contributed by atoms with Crippen LogP contribution in [0.15, 0.2) is 48.5 Å². The summed E-state index contributed by atoms with van der Waals surface area (Å²) in [6.45, 7) is 13.1. The normalized spacial score (nSPS) is 33.3. The average molecular weight is 507 g/mol. The van der Waals surface area contributed by atoms with Gasteiger partial charge in [-0.15, -0.1) is 0 Å². The number of likely N-dealkylation sites (tertiary alicyclic amines) is 1. The van der Waals surface area contributed by atoms with E-state index in [0.717, 1.165) is 35.5 Å². The molecule has 200 valence electrons. The van der Waals surface area contributed by atoms with Crippen molar-refractivity contribution in [2.24, 2.45) is 16.7 Å². The number of fused-ring (bicyclic) bond motifs is 2. The van der Waals surface area contributed by atoms with Gasteiger partial charge in [0.05, 0.1) is 18.8 Å². The molecule has 2 aromatic rings. The first-order chi connectivity index (χ1) is 17.5. The van der Waals surface area contributed by atoms with Crippen LogP contribution in [0.2, 0.25) is 0 Å². The number of carbonyl (C=O) groups is 1. The topological polar surface area (TPSA) is 71.0 Å². The molecule has 5 rings (SSSR count). The zero-order valence-corrected chi connectivity index (χ0v) is 22.9. The van der Waals surface area contributed by atoms with Crippen molar-refractivity contribution in [1.82, 2.24) is 4.90 Å². The number of amides is 1. The van der Waals surface area contributed by atoms with E-state index < -0.39 is 6.29 Å². The molecule has 2 bridgehead atoms. The highest BCUT2D eigenvalue weighted by molar-refractivity contribution is 5.88. The van der Waals surface area contributed by atoms with Crippen LogP contribution in [0.4, 0.5) is 5.69 Å². The number of carbonyl (C=O) groups excluding carboxylic acids is 1. The lowest BCUT2D eigenvalue weighted by Gasteiger charge is -2.43. The van der Waals surface area contributed by atoms with Gasteiger partial charge in [0, 0.05) is 43.2 Å². The molecule has 2 unspecified atom stereocenters. The van der Waals surface area contributed by atoms with E-state index in [1.54, 1.807) is 0 Å². The Hall–Kier alpha value is -2.25. The van der Waals surface area contributed by atoms with Gasteiger partial charge in [-0.3, -0.25) is 9.69 Å². The van der Waals surface area contributed by atoms with Gasteiger partial charge in [-0.2, -0.15) is 0 Å². The molecule has 2 heterocycles. The number of rotatable bonds is 6. The Labute approximate surface area is 221 Å². The Kier molecular flexibility index (Phi) is 7.22. The van der Waals surface area contributed by atoms with Crippen molar-refractivity contribution in [2.45, 2.75) is 85.0 Å². The van der Waals surface area contributed by atoms with Crippen molar-refractivity contribution >= 4 is 11.6 Å². The van der Waals surface area contributed by atoms with Crippen LogP contribution in [0, 0.1) is 16.7 Å². The first-order valence-electron chi connectivity index (χ1n) is 13.7. The van der Waals surface area contributed by atoms with Crippen LogP contribution in [-0.2, 0) is 20.9 Å². The predicted octanol–water partition coefficient (Wildman–Crippen LogP) is 5.83. The third kappa shape index (κ3) is 5.78. The summed E-state index contributed by atoms with van der Waals surface area (Å²) < 4.78 is 13.3. The summed E-state index contributed by atoms with van der Waals surface area (Å²) in [6, 6.07) is 16.4. The van der Waals surface area contributed by atoms with Gasteiger partial charge in [-0.05, 0) is 53.4 Å². The van der Waals surface area contributed by atoms with E-state index in [9.17, 15) is 9.90 Å². The lowest BCUT2D eigenvalue weighted by Crippen LogP contribution is -2.46. The summed E-state index contributed by atoms with van der Waals surface area (Å²) in [5, 5.41) is 12.4. The van der Waals surface area contributed by atoms with Gasteiger partial charge in [0.2, 0.25) is 5.91 Å². The Bertz CT molecular complexity index is 1120. The maximum absolute atomic E-state index is 11.6. The fraction of sp³-hybridized carbons (Fsp3) is 0.581. The monoisotopic (exact) mass is 506 g/mol. The minimum Gasteiger partial charge on any atom is -0.392 e. The Morgan fingerprint density at radius 2 is 1.84 bits per heavy atom. The van der Waals surface area contributed by atoms with Crippen LogP contribution >= 0.6 is 0 Å². The summed E-state index contributed by atoms with van der Waals surface area (Å²) in [5.74, 6) is 0.0450. The van der Waals surface area contributed by atoms with Crippen molar-refractivity contribution in [3.05, 3.63) is 65.2 Å². The van der Waals surface area contributed by atoms with Crippen LogP contribution in [0.5, 0.6) is 0 Å². The summed E-state index contributed by atoms with van der Waals surface area (Å²) in [6.07, 6.45) is 3.09. The number of aliphatic hydroxyl groups is 1. The minimum absolute atomic E-state index is 0.00301. The van der Waals surface area contributed by atoms with E-state index in [1.165, 1.54) is 26.2 Å². The molecule has 2 saturated heterocycles. The molecule has 2 N–H and O–H groups in total. The lowest BCUT2D eigenvalue weighted by molar-refractivity contribution is -0.276. The Morgan fingerprint density at radius 1 is 1.08 bits per heavy atom. The average Bonchev–Trinajstić information content (AvgIpc) is 3.07. The van der Waals surface area contributed by atoms with Gasteiger partial charge in [0.15, 0.2) is 6.29 Å². The van der Waals surface area contributed by atoms with Gasteiger partial charge < -0.3 is 19.9 Å². The number of nitrogens with one attached hydrogen (secondary N) is 1. The van der Waals surface area contributed by atoms with Crippen LogP contribution in [0.3, 0.4) is 0 Å². The maximum Gasteiger partial charge on any atom is 0.221 e. The molecule has 6 atom stereocenters. The van der Waals surface area contributed by atoms with Gasteiger partial charge in [0.1, 0.15) is 0 Å². The van der Waals surface area contributed by atoms with Crippen LogP contribution in [0.1, 0.15) is 83.0 Å². The number of benzene rings is 2. The van der Waals surface area contributed by atoms with Gasteiger partial charge in [-0.1, -0.05) is 64.1 Å². The number of hydrogen-bond donors (Lipinski definition) is 2.